The van der Waals surface area contributed by atoms with Gasteiger partial charge in [0.25, 0.3) is 5.91 Å². The van der Waals surface area contributed by atoms with Crippen LogP contribution in [0.25, 0.3) is 11.4 Å². The lowest BCUT2D eigenvalue weighted by atomic mass is 9.77. The lowest BCUT2D eigenvalue weighted by Crippen LogP contribution is -2.43. The zero-order valence-electron chi connectivity index (χ0n) is 20.7. The van der Waals surface area contributed by atoms with E-state index in [0.717, 1.165) is 24.0 Å². The van der Waals surface area contributed by atoms with E-state index in [-0.39, 0.29) is 37.8 Å². The summed E-state index contributed by atoms with van der Waals surface area (Å²) in [6, 6.07) is 13.2. The number of carbonyl (C=O) groups is 1. The molecule has 0 bridgehead atoms. The van der Waals surface area contributed by atoms with Crippen molar-refractivity contribution in [3.05, 3.63) is 64.2 Å². The number of likely N-dealkylation sites (tertiary alicyclic amines) is 1. The third kappa shape index (κ3) is 4.34. The van der Waals surface area contributed by atoms with Gasteiger partial charge in [0, 0.05) is 42.6 Å². The summed E-state index contributed by atoms with van der Waals surface area (Å²) in [6.45, 7) is 4.87. The number of aromatic nitrogens is 3. The molecule has 1 aliphatic heterocycles. The molecule has 1 amide bonds. The van der Waals surface area contributed by atoms with Crippen molar-refractivity contribution in [3.63, 3.8) is 0 Å². The minimum absolute atomic E-state index is 0.117. The summed E-state index contributed by atoms with van der Waals surface area (Å²) in [5.74, 6) is 0.906. The van der Waals surface area contributed by atoms with Crippen molar-refractivity contribution in [1.82, 2.24) is 20.1 Å². The Morgan fingerprint density at radius 1 is 1.28 bits per heavy atom. The van der Waals surface area contributed by atoms with Crippen LogP contribution < -0.4 is 4.74 Å². The standard InChI is InChI=1S/C28H30FN5O2/c1-3-36-27-31-25(32-33-27)23-16-21(18(2)15-22(23)19-8-6-9-19)26(35)34-13-11-28(29,12-14-34)24-10-5-4-7-20(24)17-30/h4-5,7,10,15-16,19H,3,6,8-9,11-14H2,1-2H3,(H,31,32,33). The lowest BCUT2D eigenvalue weighted by Gasteiger charge is -2.37. The number of benzene rings is 2. The van der Waals surface area contributed by atoms with Crippen LogP contribution in [0.1, 0.15) is 77.6 Å². The Bertz CT molecular complexity index is 1320. The maximum absolute atomic E-state index is 15.9. The highest BCUT2D eigenvalue weighted by Crippen LogP contribution is 2.43. The smallest absolute Gasteiger partial charge is 0.335 e. The monoisotopic (exact) mass is 487 g/mol. The number of hydrogen-bond acceptors (Lipinski definition) is 5. The molecule has 1 aliphatic carbocycles. The minimum atomic E-state index is -1.62. The van der Waals surface area contributed by atoms with Crippen molar-refractivity contribution in [3.8, 4) is 23.5 Å². The Hall–Kier alpha value is -3.73. The molecule has 1 aromatic heterocycles. The Kier molecular flexibility index (Phi) is 6.48. The average molecular weight is 488 g/mol. The SMILES string of the molecule is CCOc1n[nH]c(-c2cc(C(=O)N3CCC(F)(c4ccccc4C#N)CC3)c(C)cc2C2CCC2)n1. The van der Waals surface area contributed by atoms with Gasteiger partial charge in [-0.1, -0.05) is 30.7 Å². The third-order valence-corrected chi connectivity index (χ3v) is 7.54. The van der Waals surface area contributed by atoms with Crippen molar-refractivity contribution < 1.29 is 13.9 Å². The maximum atomic E-state index is 15.9. The fourth-order valence-corrected chi connectivity index (χ4v) is 5.26. The number of aromatic amines is 1. The van der Waals surface area contributed by atoms with Gasteiger partial charge in [-0.2, -0.15) is 10.2 Å². The van der Waals surface area contributed by atoms with E-state index < -0.39 is 5.67 Å². The number of nitriles is 1. The van der Waals surface area contributed by atoms with Gasteiger partial charge in [0.15, 0.2) is 5.82 Å². The number of H-pyrrole nitrogens is 1. The molecule has 2 aliphatic rings. The maximum Gasteiger partial charge on any atom is 0.335 e. The number of halogens is 1. The summed E-state index contributed by atoms with van der Waals surface area (Å²) in [4.78, 5) is 19.8. The van der Waals surface area contributed by atoms with Crippen LogP contribution >= 0.6 is 0 Å². The molecule has 7 nitrogen and oxygen atoms in total. The van der Waals surface area contributed by atoms with Gasteiger partial charge in [-0.25, -0.2) is 4.39 Å². The molecule has 36 heavy (non-hydrogen) atoms. The van der Waals surface area contributed by atoms with Gasteiger partial charge in [0.05, 0.1) is 18.2 Å². The molecular formula is C28H30FN5O2. The third-order valence-electron chi connectivity index (χ3n) is 7.54. The molecule has 5 rings (SSSR count). The quantitative estimate of drug-likeness (QED) is 0.501. The van der Waals surface area contributed by atoms with Crippen molar-refractivity contribution in [2.45, 2.75) is 57.5 Å². The summed E-state index contributed by atoms with van der Waals surface area (Å²) in [7, 11) is 0. The summed E-state index contributed by atoms with van der Waals surface area (Å²) in [5, 5.41) is 16.5. The number of aryl methyl sites for hydroxylation is 1. The number of amides is 1. The average Bonchev–Trinajstić information content (AvgIpc) is 3.32. The summed E-state index contributed by atoms with van der Waals surface area (Å²) < 4.78 is 21.3. The van der Waals surface area contributed by atoms with Crippen LogP contribution in [0.15, 0.2) is 36.4 Å². The van der Waals surface area contributed by atoms with Gasteiger partial charge in [0.1, 0.15) is 5.67 Å². The Morgan fingerprint density at radius 3 is 2.69 bits per heavy atom. The van der Waals surface area contributed by atoms with E-state index in [1.807, 2.05) is 19.9 Å². The van der Waals surface area contributed by atoms with Crippen LogP contribution in [0.3, 0.4) is 0 Å². The van der Waals surface area contributed by atoms with E-state index in [1.54, 1.807) is 29.2 Å². The highest BCUT2D eigenvalue weighted by Gasteiger charge is 2.39. The van der Waals surface area contributed by atoms with Crippen LogP contribution in [0.2, 0.25) is 0 Å². The Morgan fingerprint density at radius 2 is 2.03 bits per heavy atom. The molecule has 1 saturated carbocycles. The van der Waals surface area contributed by atoms with Gasteiger partial charge < -0.3 is 9.64 Å². The van der Waals surface area contributed by atoms with Gasteiger partial charge in [-0.15, -0.1) is 5.10 Å². The van der Waals surface area contributed by atoms with Crippen LogP contribution in [-0.4, -0.2) is 45.7 Å². The first kappa shape index (κ1) is 24.0. The van der Waals surface area contributed by atoms with E-state index in [2.05, 4.69) is 27.3 Å². The summed E-state index contributed by atoms with van der Waals surface area (Å²) in [5.41, 5.74) is 2.68. The lowest BCUT2D eigenvalue weighted by molar-refractivity contribution is 0.0420. The number of nitrogens with one attached hydrogen (secondary N) is 1. The molecule has 2 fully saturated rings. The van der Waals surface area contributed by atoms with Crippen molar-refractivity contribution in [2.24, 2.45) is 0 Å². The van der Waals surface area contributed by atoms with E-state index >= 15 is 4.39 Å². The zero-order valence-corrected chi connectivity index (χ0v) is 20.7. The second-order valence-electron chi connectivity index (χ2n) is 9.70. The first-order valence-electron chi connectivity index (χ1n) is 12.6. The van der Waals surface area contributed by atoms with Crippen LogP contribution in [-0.2, 0) is 5.67 Å². The molecule has 8 heteroatoms. The van der Waals surface area contributed by atoms with Gasteiger partial charge in [-0.05, 0) is 55.9 Å². The normalized spacial score (nSPS) is 17.3. The number of carbonyl (C=O) groups excluding carboxylic acids is 1. The molecule has 2 aromatic carbocycles. The summed E-state index contributed by atoms with van der Waals surface area (Å²) >= 11 is 0. The van der Waals surface area contributed by atoms with Crippen LogP contribution in [0.5, 0.6) is 6.01 Å². The molecule has 186 valence electrons. The van der Waals surface area contributed by atoms with Gasteiger partial charge in [0.2, 0.25) is 0 Å². The predicted octanol–water partition coefficient (Wildman–Crippen LogP) is 5.42. The number of rotatable bonds is 6. The predicted molar refractivity (Wildman–Crippen MR) is 133 cm³/mol. The highest BCUT2D eigenvalue weighted by molar-refractivity contribution is 5.97. The number of piperidine rings is 1. The fourth-order valence-electron chi connectivity index (χ4n) is 5.26. The van der Waals surface area contributed by atoms with E-state index in [1.165, 1.54) is 12.0 Å². The Labute approximate surface area is 210 Å². The van der Waals surface area contributed by atoms with E-state index in [4.69, 9.17) is 4.74 Å². The molecule has 1 saturated heterocycles. The molecule has 0 radical (unpaired) electrons. The number of hydrogen-bond donors (Lipinski definition) is 1. The van der Waals surface area contributed by atoms with Crippen LogP contribution in [0.4, 0.5) is 4.39 Å². The zero-order chi connectivity index (χ0) is 25.3. The molecule has 2 heterocycles. The number of nitrogens with zero attached hydrogens (tertiary/aromatic N) is 4. The van der Waals surface area contributed by atoms with E-state index in [9.17, 15) is 10.1 Å². The number of ether oxygens (including phenoxy) is 1. The number of alkyl halides is 1. The van der Waals surface area contributed by atoms with Crippen LogP contribution in [0, 0.1) is 18.3 Å². The largest absolute Gasteiger partial charge is 0.463 e. The Balaban J connectivity index is 1.41. The van der Waals surface area contributed by atoms with Crippen molar-refractivity contribution >= 4 is 5.91 Å². The molecule has 0 spiro atoms. The first-order valence-corrected chi connectivity index (χ1v) is 12.6. The molecule has 0 unspecified atom stereocenters. The second-order valence-corrected chi connectivity index (χ2v) is 9.70. The van der Waals surface area contributed by atoms with Gasteiger partial charge in [-0.3, -0.25) is 9.89 Å². The second kappa shape index (κ2) is 9.73. The summed E-state index contributed by atoms with van der Waals surface area (Å²) in [6.07, 6.45) is 3.73. The molecule has 0 atom stereocenters. The minimum Gasteiger partial charge on any atom is -0.463 e. The van der Waals surface area contributed by atoms with Crippen molar-refractivity contribution in [1.29, 1.82) is 5.26 Å². The highest BCUT2D eigenvalue weighted by atomic mass is 19.1. The van der Waals surface area contributed by atoms with Crippen molar-refractivity contribution in [2.75, 3.05) is 19.7 Å². The van der Waals surface area contributed by atoms with Gasteiger partial charge >= 0.3 is 6.01 Å². The fraction of sp³-hybridized carbons (Fsp3) is 0.429. The molecule has 3 aromatic rings. The first-order chi connectivity index (χ1) is 17.4. The molecule has 1 N–H and O–H groups in total. The molecular weight excluding hydrogens is 457 g/mol. The van der Waals surface area contributed by atoms with E-state index in [0.29, 0.717) is 35.0 Å². The topological polar surface area (TPSA) is 94.9 Å².